The van der Waals surface area contributed by atoms with Crippen LogP contribution in [0.2, 0.25) is 0 Å². The number of hydrogen-bond acceptors (Lipinski definition) is 6. The highest BCUT2D eigenvalue weighted by molar-refractivity contribution is 5.76. The molecule has 8 nitrogen and oxygen atoms in total. The second-order valence-electron chi connectivity index (χ2n) is 4.43. The van der Waals surface area contributed by atoms with Crippen molar-refractivity contribution in [1.82, 2.24) is 20.0 Å². The molecule has 1 amide bonds. The molecule has 0 spiro atoms. The van der Waals surface area contributed by atoms with E-state index in [1.165, 1.54) is 6.26 Å². The van der Waals surface area contributed by atoms with E-state index in [2.05, 4.69) is 20.0 Å². The van der Waals surface area contributed by atoms with Crippen molar-refractivity contribution in [3.8, 4) is 11.5 Å². The van der Waals surface area contributed by atoms with Crippen molar-refractivity contribution in [1.29, 1.82) is 0 Å². The van der Waals surface area contributed by atoms with Gasteiger partial charge in [0.1, 0.15) is 18.0 Å². The van der Waals surface area contributed by atoms with E-state index in [1.807, 2.05) is 0 Å². The van der Waals surface area contributed by atoms with Gasteiger partial charge >= 0.3 is 5.76 Å². The van der Waals surface area contributed by atoms with Gasteiger partial charge in [0.2, 0.25) is 11.7 Å². The number of aromatic nitrogens is 3. The highest BCUT2D eigenvalue weighted by Crippen LogP contribution is 2.11. The van der Waals surface area contributed by atoms with Crippen LogP contribution in [-0.2, 0) is 17.9 Å². The number of hydrogen-bond donors (Lipinski definition) is 1. The lowest BCUT2D eigenvalue weighted by Gasteiger charge is -2.05. The van der Waals surface area contributed by atoms with E-state index in [0.717, 1.165) is 4.57 Å². The summed E-state index contributed by atoms with van der Waals surface area (Å²) in [6, 6.07) is 8.63. The molecule has 0 aliphatic heterocycles. The van der Waals surface area contributed by atoms with E-state index in [4.69, 9.17) is 4.42 Å². The van der Waals surface area contributed by atoms with E-state index in [0.29, 0.717) is 11.5 Å². The van der Waals surface area contributed by atoms with Gasteiger partial charge in [-0.3, -0.25) is 14.3 Å². The second kappa shape index (κ2) is 6.08. The molecule has 0 unspecified atom stereocenters. The maximum atomic E-state index is 11.9. The summed E-state index contributed by atoms with van der Waals surface area (Å²) in [6.07, 6.45) is 3.08. The van der Waals surface area contributed by atoms with Gasteiger partial charge in [0, 0.05) is 6.20 Å². The number of rotatable bonds is 5. The molecule has 22 heavy (non-hydrogen) atoms. The van der Waals surface area contributed by atoms with E-state index in [-0.39, 0.29) is 24.8 Å². The van der Waals surface area contributed by atoms with Crippen LogP contribution >= 0.6 is 0 Å². The van der Waals surface area contributed by atoms with Crippen LogP contribution in [0.4, 0.5) is 0 Å². The second-order valence-corrected chi connectivity index (χ2v) is 4.43. The Balaban J connectivity index is 1.74. The topological polar surface area (TPSA) is 103 Å². The van der Waals surface area contributed by atoms with Crippen LogP contribution in [0.1, 0.15) is 5.76 Å². The van der Waals surface area contributed by atoms with Crippen LogP contribution in [0.5, 0.6) is 0 Å². The van der Waals surface area contributed by atoms with Gasteiger partial charge in [0.15, 0.2) is 0 Å². The van der Waals surface area contributed by atoms with Gasteiger partial charge in [-0.2, -0.15) is 0 Å². The van der Waals surface area contributed by atoms with Gasteiger partial charge < -0.3 is 9.73 Å². The van der Waals surface area contributed by atoms with Crippen molar-refractivity contribution in [3.63, 3.8) is 0 Å². The highest BCUT2D eigenvalue weighted by atomic mass is 16.5. The first-order valence-electron chi connectivity index (χ1n) is 6.51. The van der Waals surface area contributed by atoms with Crippen molar-refractivity contribution in [3.05, 3.63) is 59.1 Å². The lowest BCUT2D eigenvalue weighted by molar-refractivity contribution is -0.122. The minimum atomic E-state index is -0.714. The Morgan fingerprint density at radius 2 is 2.18 bits per heavy atom. The van der Waals surface area contributed by atoms with E-state index >= 15 is 0 Å². The SMILES string of the molecule is O=C(Cn1c(-c2ccccn2)noc1=O)NCc1ccco1. The first kappa shape index (κ1) is 13.8. The summed E-state index contributed by atoms with van der Waals surface area (Å²) in [5.41, 5.74) is 0.451. The largest absolute Gasteiger partial charge is 0.467 e. The van der Waals surface area contributed by atoms with E-state index < -0.39 is 5.76 Å². The Bertz CT molecular complexity index is 805. The van der Waals surface area contributed by atoms with Crippen LogP contribution in [0, 0.1) is 0 Å². The smallest absolute Gasteiger partial charge is 0.442 e. The average Bonchev–Trinajstić information content (AvgIpc) is 3.17. The van der Waals surface area contributed by atoms with Gasteiger partial charge in [-0.15, -0.1) is 0 Å². The van der Waals surface area contributed by atoms with E-state index in [9.17, 15) is 9.59 Å². The molecule has 0 saturated carbocycles. The molecular formula is C14H12N4O4. The highest BCUT2D eigenvalue weighted by Gasteiger charge is 2.16. The van der Waals surface area contributed by atoms with E-state index in [1.54, 1.807) is 36.5 Å². The van der Waals surface area contributed by atoms with Gasteiger partial charge in [-0.25, -0.2) is 9.36 Å². The Morgan fingerprint density at radius 3 is 2.91 bits per heavy atom. The van der Waals surface area contributed by atoms with Crippen molar-refractivity contribution < 1.29 is 13.7 Å². The average molecular weight is 300 g/mol. The summed E-state index contributed by atoms with van der Waals surface area (Å²) in [6.45, 7) is 0.0275. The fourth-order valence-corrected chi connectivity index (χ4v) is 1.89. The van der Waals surface area contributed by atoms with Gasteiger partial charge in [0.25, 0.3) is 0 Å². The normalized spacial score (nSPS) is 10.5. The zero-order chi connectivity index (χ0) is 15.4. The molecule has 0 aliphatic carbocycles. The van der Waals surface area contributed by atoms with Crippen molar-refractivity contribution >= 4 is 5.91 Å². The number of pyridine rings is 1. The molecule has 0 bridgehead atoms. The summed E-state index contributed by atoms with van der Waals surface area (Å²) in [4.78, 5) is 27.7. The maximum absolute atomic E-state index is 11.9. The monoisotopic (exact) mass is 300 g/mol. The molecule has 8 heteroatoms. The Kier molecular flexibility index (Phi) is 3.82. The number of carbonyl (C=O) groups is 1. The maximum Gasteiger partial charge on any atom is 0.442 e. The predicted octanol–water partition coefficient (Wildman–Crippen LogP) is 0.808. The minimum absolute atomic E-state index is 0.207. The van der Waals surface area contributed by atoms with Crippen LogP contribution in [0.15, 0.2) is 56.5 Å². The zero-order valence-electron chi connectivity index (χ0n) is 11.4. The van der Waals surface area contributed by atoms with Gasteiger partial charge in [0.05, 0.1) is 12.8 Å². The Labute approximate surface area is 124 Å². The molecule has 0 aromatic carbocycles. The molecule has 3 heterocycles. The van der Waals surface area contributed by atoms with Crippen LogP contribution < -0.4 is 11.1 Å². The molecule has 3 rings (SSSR count). The molecule has 112 valence electrons. The number of nitrogens with one attached hydrogen (secondary N) is 1. The number of nitrogens with zero attached hydrogens (tertiary/aromatic N) is 3. The number of furan rings is 1. The summed E-state index contributed by atoms with van der Waals surface area (Å²) < 4.78 is 10.9. The summed E-state index contributed by atoms with van der Waals surface area (Å²) in [5.74, 6) is -0.248. The lowest BCUT2D eigenvalue weighted by Crippen LogP contribution is -2.30. The van der Waals surface area contributed by atoms with Crippen LogP contribution in [-0.4, -0.2) is 20.6 Å². The zero-order valence-corrected chi connectivity index (χ0v) is 11.4. The molecule has 3 aromatic heterocycles. The van der Waals surface area contributed by atoms with Crippen LogP contribution in [0.25, 0.3) is 11.5 Å². The summed E-state index contributed by atoms with van der Waals surface area (Å²) in [7, 11) is 0. The van der Waals surface area contributed by atoms with Crippen LogP contribution in [0.3, 0.4) is 0 Å². The third kappa shape index (κ3) is 2.95. The lowest BCUT2D eigenvalue weighted by atomic mass is 10.3. The molecule has 0 radical (unpaired) electrons. The quantitative estimate of drug-likeness (QED) is 0.747. The predicted molar refractivity (Wildman–Crippen MR) is 74.5 cm³/mol. The van der Waals surface area contributed by atoms with Gasteiger partial charge in [-0.05, 0) is 24.3 Å². The first-order valence-corrected chi connectivity index (χ1v) is 6.51. The fraction of sp³-hybridized carbons (Fsp3) is 0.143. The third-order valence-electron chi connectivity index (χ3n) is 2.92. The number of amides is 1. The molecule has 3 aromatic rings. The Morgan fingerprint density at radius 1 is 1.27 bits per heavy atom. The fourth-order valence-electron chi connectivity index (χ4n) is 1.89. The van der Waals surface area contributed by atoms with Crippen molar-refractivity contribution in [2.75, 3.05) is 0 Å². The van der Waals surface area contributed by atoms with Crippen molar-refractivity contribution in [2.24, 2.45) is 0 Å². The molecule has 0 atom stereocenters. The molecule has 0 fully saturated rings. The molecule has 0 saturated heterocycles. The summed E-state index contributed by atoms with van der Waals surface area (Å²) >= 11 is 0. The van der Waals surface area contributed by atoms with Crippen molar-refractivity contribution in [2.45, 2.75) is 13.1 Å². The third-order valence-corrected chi connectivity index (χ3v) is 2.92. The molecular weight excluding hydrogens is 288 g/mol. The molecule has 0 aliphatic rings. The van der Waals surface area contributed by atoms with Gasteiger partial charge in [-0.1, -0.05) is 11.2 Å². The molecule has 1 N–H and O–H groups in total. The summed E-state index contributed by atoms with van der Waals surface area (Å²) in [5, 5.41) is 6.31. The Hall–Kier alpha value is -3.16. The first-order chi connectivity index (χ1) is 10.7. The standard InChI is InChI=1S/C14H12N4O4/c19-12(16-8-10-4-3-7-21-10)9-18-13(17-22-14(18)20)11-5-1-2-6-15-11/h1-7H,8-9H2,(H,16,19). The number of carbonyl (C=O) groups excluding carboxylic acids is 1. The minimum Gasteiger partial charge on any atom is -0.467 e.